The Morgan fingerprint density at radius 2 is 2.05 bits per heavy atom. The van der Waals surface area contributed by atoms with Gasteiger partial charge in [-0.05, 0) is 25.1 Å². The van der Waals surface area contributed by atoms with Gasteiger partial charge in [0.2, 0.25) is 0 Å². The number of nitrogens with zero attached hydrogens (tertiary/aromatic N) is 3. The molecule has 2 aromatic heterocycles. The highest BCUT2D eigenvalue weighted by Crippen LogP contribution is 2.27. The highest BCUT2D eigenvalue weighted by molar-refractivity contribution is 7.59. The summed E-state index contributed by atoms with van der Waals surface area (Å²) in [6.45, 7) is 1.85. The second-order valence-corrected chi connectivity index (χ2v) is 4.45. The minimum Gasteiger partial charge on any atom is -0.324 e. The van der Waals surface area contributed by atoms with Gasteiger partial charge in [0.1, 0.15) is 5.82 Å². The van der Waals surface area contributed by atoms with Gasteiger partial charge >= 0.3 is 0 Å². The Balaban J connectivity index is 0.00000147. The van der Waals surface area contributed by atoms with Gasteiger partial charge in [-0.15, -0.1) is 0 Å². The first-order valence-electron chi connectivity index (χ1n) is 6.01. The highest BCUT2D eigenvalue weighted by Gasteiger charge is 2.15. The van der Waals surface area contributed by atoms with Crippen LogP contribution in [0.5, 0.6) is 0 Å². The van der Waals surface area contributed by atoms with Gasteiger partial charge in [-0.3, -0.25) is 0 Å². The minimum atomic E-state index is -0.309. The molecule has 0 saturated carbocycles. The molecule has 6 heteroatoms. The summed E-state index contributed by atoms with van der Waals surface area (Å²) in [6, 6.07) is 8.15. The van der Waals surface area contributed by atoms with E-state index in [1.807, 2.05) is 13.0 Å². The number of hydrogen-bond donors (Lipinski definition) is 1. The zero-order valence-electron chi connectivity index (χ0n) is 10.9. The number of imidazole rings is 1. The van der Waals surface area contributed by atoms with Crippen molar-refractivity contribution in [2.24, 2.45) is 5.73 Å². The fraction of sp³-hybridized carbons (Fsp3) is 0.143. The molecule has 0 radical (unpaired) electrons. The average molecular weight is 290 g/mol. The summed E-state index contributed by atoms with van der Waals surface area (Å²) < 4.78 is 15.6. The number of benzene rings is 1. The third-order valence-corrected chi connectivity index (χ3v) is 3.03. The molecule has 0 aliphatic heterocycles. The molecule has 0 amide bonds. The standard InChI is InChI=1S/C14H13FN4.H2S/c1-9(16)11-8-13-17-6-7-19(13)18-14(11)10-4-2-3-5-12(10)15;/h2-9H,16H2,1H3;1H2/t9-;/m0./s1. The van der Waals surface area contributed by atoms with E-state index in [4.69, 9.17) is 5.73 Å². The molecule has 104 valence electrons. The first kappa shape index (κ1) is 14.5. The summed E-state index contributed by atoms with van der Waals surface area (Å²) in [7, 11) is 0. The topological polar surface area (TPSA) is 56.2 Å². The Kier molecular flexibility index (Phi) is 4.06. The zero-order valence-corrected chi connectivity index (χ0v) is 11.9. The van der Waals surface area contributed by atoms with Crippen molar-refractivity contribution in [1.82, 2.24) is 14.6 Å². The molecular formula is C14H15FN4S. The van der Waals surface area contributed by atoms with Crippen LogP contribution in [-0.4, -0.2) is 14.6 Å². The fourth-order valence-electron chi connectivity index (χ4n) is 2.08. The first-order valence-corrected chi connectivity index (χ1v) is 6.01. The lowest BCUT2D eigenvalue weighted by Gasteiger charge is -2.13. The van der Waals surface area contributed by atoms with Crippen molar-refractivity contribution < 1.29 is 4.39 Å². The smallest absolute Gasteiger partial charge is 0.153 e. The van der Waals surface area contributed by atoms with Crippen LogP contribution in [0, 0.1) is 5.82 Å². The van der Waals surface area contributed by atoms with E-state index in [0.717, 1.165) is 5.56 Å². The minimum absolute atomic E-state index is 0. The predicted molar refractivity (Wildman–Crippen MR) is 81.4 cm³/mol. The lowest BCUT2D eigenvalue weighted by atomic mass is 10.0. The summed E-state index contributed by atoms with van der Waals surface area (Å²) in [5.74, 6) is -0.309. The lowest BCUT2D eigenvalue weighted by molar-refractivity contribution is 0.629. The van der Waals surface area contributed by atoms with Crippen LogP contribution in [-0.2, 0) is 0 Å². The van der Waals surface area contributed by atoms with E-state index in [1.165, 1.54) is 6.07 Å². The molecular weight excluding hydrogens is 275 g/mol. The summed E-state index contributed by atoms with van der Waals surface area (Å²) >= 11 is 0. The molecule has 0 spiro atoms. The summed E-state index contributed by atoms with van der Waals surface area (Å²) in [5.41, 5.74) is 8.45. The van der Waals surface area contributed by atoms with E-state index in [1.54, 1.807) is 35.1 Å². The molecule has 1 atom stereocenters. The summed E-state index contributed by atoms with van der Waals surface area (Å²) in [6.07, 6.45) is 3.38. The Bertz CT molecular complexity index is 739. The number of rotatable bonds is 2. The number of halogens is 1. The van der Waals surface area contributed by atoms with E-state index in [9.17, 15) is 4.39 Å². The monoisotopic (exact) mass is 290 g/mol. The molecule has 4 nitrogen and oxygen atoms in total. The summed E-state index contributed by atoms with van der Waals surface area (Å²) in [4.78, 5) is 4.17. The van der Waals surface area contributed by atoms with Crippen LogP contribution in [0.2, 0.25) is 0 Å². The van der Waals surface area contributed by atoms with Crippen LogP contribution in [0.3, 0.4) is 0 Å². The molecule has 2 heterocycles. The maximum Gasteiger partial charge on any atom is 0.153 e. The van der Waals surface area contributed by atoms with Crippen molar-refractivity contribution in [1.29, 1.82) is 0 Å². The van der Waals surface area contributed by atoms with E-state index < -0.39 is 0 Å². The highest BCUT2D eigenvalue weighted by atomic mass is 32.1. The van der Waals surface area contributed by atoms with Crippen LogP contribution in [0.4, 0.5) is 4.39 Å². The van der Waals surface area contributed by atoms with Gasteiger partial charge in [-0.25, -0.2) is 13.9 Å². The Morgan fingerprint density at radius 1 is 1.30 bits per heavy atom. The lowest BCUT2D eigenvalue weighted by Crippen LogP contribution is -2.10. The van der Waals surface area contributed by atoms with E-state index in [-0.39, 0.29) is 25.4 Å². The molecule has 3 rings (SSSR count). The van der Waals surface area contributed by atoms with Crippen molar-refractivity contribution in [3.05, 3.63) is 54.1 Å². The molecule has 3 aromatic rings. The molecule has 0 bridgehead atoms. The van der Waals surface area contributed by atoms with E-state index in [2.05, 4.69) is 10.1 Å². The van der Waals surface area contributed by atoms with E-state index >= 15 is 0 Å². The maximum absolute atomic E-state index is 13.9. The van der Waals surface area contributed by atoms with Crippen molar-refractivity contribution >= 4 is 19.1 Å². The van der Waals surface area contributed by atoms with Gasteiger partial charge in [0.25, 0.3) is 0 Å². The van der Waals surface area contributed by atoms with Crippen LogP contribution in [0.15, 0.2) is 42.7 Å². The molecule has 2 N–H and O–H groups in total. The fourth-order valence-corrected chi connectivity index (χ4v) is 2.08. The van der Waals surface area contributed by atoms with Gasteiger partial charge in [0, 0.05) is 29.6 Å². The van der Waals surface area contributed by atoms with Gasteiger partial charge < -0.3 is 5.73 Å². The van der Waals surface area contributed by atoms with Crippen molar-refractivity contribution in [3.8, 4) is 11.3 Å². The third-order valence-electron chi connectivity index (χ3n) is 3.03. The number of nitrogens with two attached hydrogens (primary N) is 1. The number of aromatic nitrogens is 3. The van der Waals surface area contributed by atoms with Crippen LogP contribution >= 0.6 is 13.5 Å². The molecule has 0 aliphatic carbocycles. The quantitative estimate of drug-likeness (QED) is 0.789. The normalized spacial score (nSPS) is 12.2. The third kappa shape index (κ3) is 2.39. The predicted octanol–water partition coefficient (Wildman–Crippen LogP) is 2.67. The second kappa shape index (κ2) is 5.60. The van der Waals surface area contributed by atoms with Gasteiger partial charge in [0.05, 0.1) is 5.69 Å². The SMILES string of the molecule is C[C@H](N)c1cc2nccn2nc1-c1ccccc1F.S. The Morgan fingerprint density at radius 3 is 2.75 bits per heavy atom. The number of hydrogen-bond acceptors (Lipinski definition) is 3. The van der Waals surface area contributed by atoms with E-state index in [0.29, 0.717) is 16.9 Å². The Hall–Kier alpha value is -1.92. The second-order valence-electron chi connectivity index (χ2n) is 4.45. The van der Waals surface area contributed by atoms with Crippen LogP contribution in [0.25, 0.3) is 16.9 Å². The molecule has 20 heavy (non-hydrogen) atoms. The summed E-state index contributed by atoms with van der Waals surface area (Å²) in [5, 5.41) is 4.42. The first-order chi connectivity index (χ1) is 9.16. The van der Waals surface area contributed by atoms with Crippen molar-refractivity contribution in [3.63, 3.8) is 0 Å². The molecule has 0 unspecified atom stereocenters. The maximum atomic E-state index is 13.9. The average Bonchev–Trinajstić information content (AvgIpc) is 2.85. The zero-order chi connectivity index (χ0) is 13.4. The molecule has 1 aromatic carbocycles. The van der Waals surface area contributed by atoms with Gasteiger partial charge in [-0.2, -0.15) is 18.6 Å². The van der Waals surface area contributed by atoms with Crippen LogP contribution < -0.4 is 5.73 Å². The van der Waals surface area contributed by atoms with Crippen LogP contribution in [0.1, 0.15) is 18.5 Å². The van der Waals surface area contributed by atoms with Gasteiger partial charge in [-0.1, -0.05) is 12.1 Å². The molecule has 0 fully saturated rings. The van der Waals surface area contributed by atoms with Crippen molar-refractivity contribution in [2.45, 2.75) is 13.0 Å². The van der Waals surface area contributed by atoms with Gasteiger partial charge in [0.15, 0.2) is 5.65 Å². The van der Waals surface area contributed by atoms with Crippen molar-refractivity contribution in [2.75, 3.05) is 0 Å². The largest absolute Gasteiger partial charge is 0.324 e. The Labute approximate surface area is 122 Å². The molecule has 0 saturated heterocycles. The molecule has 0 aliphatic rings. The number of fused-ring (bicyclic) bond motifs is 1.